The van der Waals surface area contributed by atoms with Gasteiger partial charge in [0.2, 0.25) is 5.83 Å². The van der Waals surface area contributed by atoms with Gasteiger partial charge in [-0.3, -0.25) is 0 Å². The van der Waals surface area contributed by atoms with Gasteiger partial charge in [0.05, 0.1) is 0 Å². The zero-order valence-corrected chi connectivity index (χ0v) is 33.5. The number of hydrogen-bond acceptors (Lipinski definition) is 0. The number of hydrogen-bond donors (Lipinski definition) is 0. The summed E-state index contributed by atoms with van der Waals surface area (Å²) in [6.45, 7) is 0. The zero-order valence-electron chi connectivity index (χ0n) is 33.5. The normalized spacial score (nSPS) is 17.6. The largest absolute Gasteiger partial charge is 0.460 e. The summed E-state index contributed by atoms with van der Waals surface area (Å²) >= 11 is 0. The minimum absolute atomic E-state index is 1.57. The first-order valence-corrected chi connectivity index (χ1v) is 16.5. The molecule has 0 aliphatic heterocycles. The fourth-order valence-electron chi connectivity index (χ4n) is 4.71. The van der Waals surface area contributed by atoms with Crippen LogP contribution in [0, 0.1) is 6.33 Å². The van der Waals surface area contributed by atoms with Gasteiger partial charge in [-0.1, -0.05) is 0 Å². The van der Waals surface area contributed by atoms with E-state index >= 15 is 0 Å². The maximum atomic E-state index is 14.1. The van der Waals surface area contributed by atoms with Gasteiger partial charge in [-0.25, -0.2) is 8.78 Å². The van der Waals surface area contributed by atoms with Crippen LogP contribution in [0.3, 0.4) is 0 Å². The molecule has 0 amide bonds. The van der Waals surface area contributed by atoms with Crippen LogP contribution in [0.1, 0.15) is 0 Å². The molecule has 0 fully saturated rings. The summed E-state index contributed by atoms with van der Waals surface area (Å²) in [5.41, 5.74) is 0. The molecule has 0 N–H and O–H groups in total. The van der Waals surface area contributed by atoms with Crippen molar-refractivity contribution in [2.45, 2.75) is 148 Å². The standard InChI is InChI=1S/C27F53/c28-1-2(29)3(30,31)4(32,33)5(34,35)6(36,37)7(38,39)8(40,41)9(42,43)10(44,45)11(46,47)12(48,49)13(50,51)14(52,53)15(54,55)16(56,57)17(58,59)18(60,61)19(62,63)20(64,65)21(66,67)22(68,69)23(70,71)24(72,73)25(74,75)26(76,77)27(78,79)80. The van der Waals surface area contributed by atoms with Gasteiger partial charge in [-0.2, -0.15) is 224 Å². The van der Waals surface area contributed by atoms with Crippen molar-refractivity contribution in [1.29, 1.82) is 0 Å². The van der Waals surface area contributed by atoms with Crippen molar-refractivity contribution in [3.8, 4) is 0 Å². The van der Waals surface area contributed by atoms with E-state index in [0.717, 1.165) is 0 Å². The lowest BCUT2D eigenvalue weighted by Gasteiger charge is -2.48. The topological polar surface area (TPSA) is 0 Å². The van der Waals surface area contributed by atoms with Gasteiger partial charge in [-0.05, 0) is 0 Å². The van der Waals surface area contributed by atoms with Crippen molar-refractivity contribution in [3.05, 3.63) is 12.2 Å². The highest BCUT2D eigenvalue weighted by atomic mass is 19.5. The molecule has 0 saturated carbocycles. The van der Waals surface area contributed by atoms with Crippen molar-refractivity contribution < 1.29 is 233 Å². The highest BCUT2D eigenvalue weighted by Gasteiger charge is 3.05. The van der Waals surface area contributed by atoms with Crippen molar-refractivity contribution in [2.75, 3.05) is 0 Å². The summed E-state index contributed by atoms with van der Waals surface area (Å²) in [6.07, 6.45) is -10.2. The predicted molar refractivity (Wildman–Crippen MR) is 134 cm³/mol. The third-order valence-electron chi connectivity index (χ3n) is 9.78. The lowest BCUT2D eigenvalue weighted by Crippen LogP contribution is -2.81. The van der Waals surface area contributed by atoms with Crippen LogP contribution in [0.25, 0.3) is 0 Å². The summed E-state index contributed by atoms with van der Waals surface area (Å²) in [7, 11) is 0. The van der Waals surface area contributed by atoms with Gasteiger partial charge in [0.1, 0.15) is 0 Å². The second-order valence-corrected chi connectivity index (χ2v) is 14.7. The Kier molecular flexibility index (Phi) is 17.4. The fraction of sp³-hybridized carbons (Fsp3) is 0.926. The Morgan fingerprint density at radius 3 is 0.325 bits per heavy atom. The molecule has 0 atom stereocenters. The first-order chi connectivity index (χ1) is 33.5. The number of allylic oxidation sites excluding steroid dienone is 1. The molecule has 0 spiro atoms. The zero-order chi connectivity index (χ0) is 66.8. The van der Waals surface area contributed by atoms with Crippen LogP contribution in [0.4, 0.5) is 233 Å². The molecule has 0 aliphatic rings. The van der Waals surface area contributed by atoms with Crippen molar-refractivity contribution in [3.63, 3.8) is 0 Å². The SMILES string of the molecule is F/[C]=C(\F)C(F)(F)C(F)(F)C(F)(F)C(F)(F)C(F)(F)C(F)(F)C(F)(F)C(F)(F)C(F)(F)C(F)(F)C(F)(F)C(F)(F)C(F)(F)C(F)(F)C(F)(F)C(F)(F)C(F)(F)C(F)(F)C(F)(F)C(F)(F)C(F)(F)C(F)(F)C(F)(F)C(F)(F)C(F)(F)F. The van der Waals surface area contributed by atoms with Crippen LogP contribution in [0.2, 0.25) is 0 Å². The molecule has 0 aromatic carbocycles. The number of rotatable bonds is 24. The quantitative estimate of drug-likeness (QED) is 0.0845. The van der Waals surface area contributed by atoms with E-state index in [1.165, 1.54) is 0 Å². The second-order valence-electron chi connectivity index (χ2n) is 14.7. The van der Waals surface area contributed by atoms with E-state index in [9.17, 15) is 233 Å². The first kappa shape index (κ1) is 76.0. The molecule has 80 heavy (non-hydrogen) atoms. The lowest BCUT2D eigenvalue weighted by atomic mass is 9.81. The lowest BCUT2D eigenvalue weighted by molar-refractivity contribution is -0.499. The van der Waals surface area contributed by atoms with Crippen molar-refractivity contribution in [2.24, 2.45) is 0 Å². The molecule has 0 saturated heterocycles. The summed E-state index contributed by atoms with van der Waals surface area (Å²) in [4.78, 5) is 0. The Morgan fingerprint density at radius 2 is 0.237 bits per heavy atom. The van der Waals surface area contributed by atoms with Gasteiger partial charge in [-0.15, -0.1) is 0 Å². The van der Waals surface area contributed by atoms with E-state index in [-0.39, 0.29) is 0 Å². The molecule has 0 aliphatic carbocycles. The highest BCUT2D eigenvalue weighted by molar-refractivity contribution is 5.25. The van der Waals surface area contributed by atoms with Crippen LogP contribution < -0.4 is 0 Å². The van der Waals surface area contributed by atoms with E-state index in [1.807, 2.05) is 0 Å². The molecule has 1 radical (unpaired) electrons. The molecule has 0 nitrogen and oxygen atoms in total. The Balaban J connectivity index is 8.26. The van der Waals surface area contributed by atoms with Gasteiger partial charge >= 0.3 is 148 Å². The van der Waals surface area contributed by atoms with Gasteiger partial charge in [0.15, 0.2) is 6.33 Å². The fourth-order valence-corrected chi connectivity index (χ4v) is 4.71. The van der Waals surface area contributed by atoms with Gasteiger partial charge < -0.3 is 0 Å². The second kappa shape index (κ2) is 18.3. The average Bonchev–Trinajstić information content (AvgIpc) is 3.23. The maximum absolute atomic E-state index is 14.1. The Bertz CT molecular complexity index is 2270. The molecule has 0 heterocycles. The van der Waals surface area contributed by atoms with E-state index < -0.39 is 160 Å². The molecule has 0 rings (SSSR count). The Morgan fingerprint density at radius 1 is 0.150 bits per heavy atom. The summed E-state index contributed by atoms with van der Waals surface area (Å²) < 4.78 is 725. The number of halogens is 53. The van der Waals surface area contributed by atoms with Gasteiger partial charge in [0, 0.05) is 0 Å². The van der Waals surface area contributed by atoms with E-state index in [1.54, 1.807) is 0 Å². The predicted octanol–water partition coefficient (Wildman–Crippen LogP) is 17.4. The Labute approximate surface area is 394 Å². The van der Waals surface area contributed by atoms with Crippen molar-refractivity contribution in [1.82, 2.24) is 0 Å². The molecule has 0 bridgehead atoms. The summed E-state index contributed by atoms with van der Waals surface area (Å²) in [5.74, 6) is -255. The molecule has 479 valence electrons. The average molecular weight is 1330 g/mol. The van der Waals surface area contributed by atoms with Crippen molar-refractivity contribution >= 4 is 0 Å². The van der Waals surface area contributed by atoms with Crippen LogP contribution in [-0.2, 0) is 0 Å². The smallest absolute Gasteiger partial charge is 0.201 e. The van der Waals surface area contributed by atoms with Crippen LogP contribution in [-0.4, -0.2) is 148 Å². The molecule has 0 unspecified atom stereocenters. The molecule has 0 aromatic rings. The van der Waals surface area contributed by atoms with Gasteiger partial charge in [0.25, 0.3) is 0 Å². The van der Waals surface area contributed by atoms with Crippen LogP contribution >= 0.6 is 0 Å². The van der Waals surface area contributed by atoms with Crippen LogP contribution in [0.15, 0.2) is 5.83 Å². The minimum Gasteiger partial charge on any atom is -0.201 e. The minimum atomic E-state index is -11.0. The maximum Gasteiger partial charge on any atom is 0.460 e. The summed E-state index contributed by atoms with van der Waals surface area (Å²) in [6, 6.07) is 0. The monoisotopic (exact) mass is 1330 g/mol. The summed E-state index contributed by atoms with van der Waals surface area (Å²) in [5, 5.41) is 0. The molecular formula is C27F53. The molecular weight excluding hydrogens is 1330 g/mol. The van der Waals surface area contributed by atoms with E-state index in [2.05, 4.69) is 0 Å². The first-order valence-electron chi connectivity index (χ1n) is 16.5. The third-order valence-corrected chi connectivity index (χ3v) is 9.78. The van der Waals surface area contributed by atoms with Crippen LogP contribution in [0.5, 0.6) is 0 Å². The number of alkyl halides is 51. The molecule has 53 heteroatoms. The Hall–Kier alpha value is -3.97. The van der Waals surface area contributed by atoms with E-state index in [4.69, 9.17) is 0 Å². The highest BCUT2D eigenvalue weighted by Crippen LogP contribution is 2.73. The van der Waals surface area contributed by atoms with E-state index in [0.29, 0.717) is 0 Å². The molecule has 0 aromatic heterocycles. The third kappa shape index (κ3) is 8.16.